The van der Waals surface area contributed by atoms with Gasteiger partial charge in [0.15, 0.2) is 0 Å². The Morgan fingerprint density at radius 3 is 2.18 bits per heavy atom. The summed E-state index contributed by atoms with van der Waals surface area (Å²) < 4.78 is 0. The lowest BCUT2D eigenvalue weighted by Crippen LogP contribution is -2.56. The van der Waals surface area contributed by atoms with Crippen molar-refractivity contribution in [1.82, 2.24) is 4.90 Å². The van der Waals surface area contributed by atoms with E-state index in [9.17, 15) is 4.79 Å². The van der Waals surface area contributed by atoms with Crippen molar-refractivity contribution in [3.8, 4) is 0 Å². The first-order chi connectivity index (χ1) is 7.70. The molecule has 0 unspecified atom stereocenters. The number of amides is 1. The molecule has 0 bridgehead atoms. The van der Waals surface area contributed by atoms with Gasteiger partial charge in [0.05, 0.1) is 5.41 Å². The Labute approximate surface area is 106 Å². The van der Waals surface area contributed by atoms with Crippen LogP contribution in [0.2, 0.25) is 0 Å². The summed E-state index contributed by atoms with van der Waals surface area (Å²) in [7, 11) is 0. The normalized spacial score (nSPS) is 17.1. The van der Waals surface area contributed by atoms with Gasteiger partial charge in [0, 0.05) is 18.6 Å². The molecule has 0 radical (unpaired) electrons. The highest BCUT2D eigenvalue weighted by atomic mass is 16.2. The highest BCUT2D eigenvalue weighted by molar-refractivity contribution is 5.83. The number of carbonyl (C=O) groups is 1. The third-order valence-electron chi connectivity index (χ3n) is 4.10. The van der Waals surface area contributed by atoms with Crippen LogP contribution in [-0.4, -0.2) is 29.4 Å². The van der Waals surface area contributed by atoms with Crippen LogP contribution in [0.5, 0.6) is 0 Å². The minimum atomic E-state index is -0.503. The molecule has 1 saturated carbocycles. The van der Waals surface area contributed by atoms with Crippen molar-refractivity contribution in [3.05, 3.63) is 0 Å². The Bertz CT molecular complexity index is 274. The van der Waals surface area contributed by atoms with E-state index in [0.717, 1.165) is 25.4 Å². The SMILES string of the molecule is CCCN(CC1CC1)C(=O)C(C)(C)C(C)(C)N. The first-order valence-corrected chi connectivity index (χ1v) is 6.78. The van der Waals surface area contributed by atoms with Gasteiger partial charge in [0.1, 0.15) is 0 Å². The molecule has 2 N–H and O–H groups in total. The summed E-state index contributed by atoms with van der Waals surface area (Å²) in [4.78, 5) is 14.6. The van der Waals surface area contributed by atoms with Crippen LogP contribution < -0.4 is 5.73 Å². The van der Waals surface area contributed by atoms with Gasteiger partial charge in [-0.1, -0.05) is 6.92 Å². The summed E-state index contributed by atoms with van der Waals surface area (Å²) in [5.41, 5.74) is 5.16. The third kappa shape index (κ3) is 3.44. The Balaban J connectivity index is 2.74. The van der Waals surface area contributed by atoms with Gasteiger partial charge in [-0.2, -0.15) is 0 Å². The average Bonchev–Trinajstić information content (AvgIpc) is 2.98. The molecule has 0 aromatic rings. The lowest BCUT2D eigenvalue weighted by molar-refractivity contribution is -0.143. The predicted molar refractivity (Wildman–Crippen MR) is 71.6 cm³/mol. The van der Waals surface area contributed by atoms with Crippen molar-refractivity contribution in [2.45, 2.75) is 59.4 Å². The van der Waals surface area contributed by atoms with Crippen molar-refractivity contribution >= 4 is 5.91 Å². The second-order valence-electron chi connectivity index (χ2n) is 6.54. The number of nitrogens with two attached hydrogens (primary N) is 1. The van der Waals surface area contributed by atoms with E-state index in [0.29, 0.717) is 0 Å². The number of nitrogens with zero attached hydrogens (tertiary/aromatic N) is 1. The van der Waals surface area contributed by atoms with Crippen LogP contribution >= 0.6 is 0 Å². The fourth-order valence-electron chi connectivity index (χ4n) is 1.83. The van der Waals surface area contributed by atoms with Crippen molar-refractivity contribution < 1.29 is 4.79 Å². The van der Waals surface area contributed by atoms with Gasteiger partial charge in [-0.3, -0.25) is 4.79 Å². The lowest BCUT2D eigenvalue weighted by Gasteiger charge is -2.40. The maximum absolute atomic E-state index is 12.6. The molecule has 0 spiro atoms. The molecule has 0 aromatic heterocycles. The van der Waals surface area contributed by atoms with Gasteiger partial charge in [-0.05, 0) is 52.9 Å². The van der Waals surface area contributed by atoms with E-state index in [1.807, 2.05) is 32.6 Å². The minimum absolute atomic E-state index is 0.207. The van der Waals surface area contributed by atoms with Crippen LogP contribution in [0.3, 0.4) is 0 Å². The molecular formula is C14H28N2O. The number of carbonyl (C=O) groups excluding carboxylic acids is 1. The quantitative estimate of drug-likeness (QED) is 0.775. The van der Waals surface area contributed by atoms with Crippen LogP contribution in [0.15, 0.2) is 0 Å². The van der Waals surface area contributed by atoms with E-state index in [1.165, 1.54) is 12.8 Å². The Kier molecular flexibility index (Phi) is 4.23. The molecule has 1 rings (SSSR count). The Morgan fingerprint density at radius 1 is 1.29 bits per heavy atom. The third-order valence-corrected chi connectivity index (χ3v) is 4.10. The highest BCUT2D eigenvalue weighted by Crippen LogP contribution is 2.34. The van der Waals surface area contributed by atoms with Crippen LogP contribution in [0.25, 0.3) is 0 Å². The standard InChI is InChI=1S/C14H28N2O/c1-6-9-16(10-11-7-8-11)12(17)13(2,3)14(4,5)15/h11H,6-10,15H2,1-5H3. The van der Waals surface area contributed by atoms with E-state index in [-0.39, 0.29) is 5.91 Å². The molecule has 1 amide bonds. The van der Waals surface area contributed by atoms with Crippen LogP contribution in [0, 0.1) is 11.3 Å². The van der Waals surface area contributed by atoms with E-state index in [2.05, 4.69) is 6.92 Å². The molecule has 17 heavy (non-hydrogen) atoms. The van der Waals surface area contributed by atoms with Crippen LogP contribution in [-0.2, 0) is 4.79 Å². The maximum Gasteiger partial charge on any atom is 0.230 e. The number of hydrogen-bond donors (Lipinski definition) is 1. The lowest BCUT2D eigenvalue weighted by atomic mass is 9.74. The summed E-state index contributed by atoms with van der Waals surface area (Å²) in [6.45, 7) is 11.7. The zero-order chi connectivity index (χ0) is 13.3. The van der Waals surface area contributed by atoms with Crippen LogP contribution in [0.1, 0.15) is 53.9 Å². The topological polar surface area (TPSA) is 46.3 Å². The molecule has 1 aliphatic rings. The van der Waals surface area contributed by atoms with E-state index >= 15 is 0 Å². The van der Waals surface area contributed by atoms with Gasteiger partial charge in [0.2, 0.25) is 5.91 Å². The van der Waals surface area contributed by atoms with Gasteiger partial charge in [-0.15, -0.1) is 0 Å². The molecule has 1 aliphatic carbocycles. The second kappa shape index (κ2) is 4.97. The smallest absolute Gasteiger partial charge is 0.230 e. The summed E-state index contributed by atoms with van der Waals surface area (Å²) in [6, 6.07) is 0. The molecular weight excluding hydrogens is 212 g/mol. The van der Waals surface area contributed by atoms with Gasteiger partial charge in [-0.25, -0.2) is 0 Å². The molecule has 0 aliphatic heterocycles. The summed E-state index contributed by atoms with van der Waals surface area (Å²) >= 11 is 0. The van der Waals surface area contributed by atoms with Crippen molar-refractivity contribution in [2.75, 3.05) is 13.1 Å². The molecule has 0 atom stereocenters. The first kappa shape index (κ1) is 14.5. The molecule has 0 saturated heterocycles. The molecule has 0 aromatic carbocycles. The monoisotopic (exact) mass is 240 g/mol. The predicted octanol–water partition coefficient (Wildman–Crippen LogP) is 2.40. The fraction of sp³-hybridized carbons (Fsp3) is 0.929. The molecule has 3 nitrogen and oxygen atoms in total. The zero-order valence-electron chi connectivity index (χ0n) is 12.0. The van der Waals surface area contributed by atoms with E-state index < -0.39 is 11.0 Å². The Morgan fingerprint density at radius 2 is 1.82 bits per heavy atom. The highest BCUT2D eigenvalue weighted by Gasteiger charge is 2.43. The van der Waals surface area contributed by atoms with Gasteiger partial charge in [0.25, 0.3) is 0 Å². The molecule has 0 heterocycles. The zero-order valence-corrected chi connectivity index (χ0v) is 12.0. The first-order valence-electron chi connectivity index (χ1n) is 6.78. The second-order valence-corrected chi connectivity index (χ2v) is 6.54. The molecule has 1 fully saturated rings. The fourth-order valence-corrected chi connectivity index (χ4v) is 1.83. The van der Waals surface area contributed by atoms with E-state index in [1.54, 1.807) is 0 Å². The van der Waals surface area contributed by atoms with Crippen molar-refractivity contribution in [3.63, 3.8) is 0 Å². The van der Waals surface area contributed by atoms with Crippen LogP contribution in [0.4, 0.5) is 0 Å². The molecule has 3 heteroatoms. The Hall–Kier alpha value is -0.570. The number of rotatable bonds is 6. The summed E-state index contributed by atoms with van der Waals surface area (Å²) in [5, 5.41) is 0. The average molecular weight is 240 g/mol. The maximum atomic E-state index is 12.6. The largest absolute Gasteiger partial charge is 0.342 e. The van der Waals surface area contributed by atoms with E-state index in [4.69, 9.17) is 5.73 Å². The van der Waals surface area contributed by atoms with Gasteiger partial charge >= 0.3 is 0 Å². The summed E-state index contributed by atoms with van der Waals surface area (Å²) in [5.74, 6) is 0.945. The summed E-state index contributed by atoms with van der Waals surface area (Å²) in [6.07, 6.45) is 3.57. The van der Waals surface area contributed by atoms with Crippen molar-refractivity contribution in [2.24, 2.45) is 17.1 Å². The number of hydrogen-bond acceptors (Lipinski definition) is 2. The van der Waals surface area contributed by atoms with Crippen molar-refractivity contribution in [1.29, 1.82) is 0 Å². The minimum Gasteiger partial charge on any atom is -0.342 e. The van der Waals surface area contributed by atoms with Gasteiger partial charge < -0.3 is 10.6 Å². The molecule has 100 valence electrons.